The van der Waals surface area contributed by atoms with Gasteiger partial charge in [-0.1, -0.05) is 31.2 Å². The van der Waals surface area contributed by atoms with Gasteiger partial charge in [0.1, 0.15) is 6.26 Å². The van der Waals surface area contributed by atoms with Crippen LogP contribution in [-0.4, -0.2) is 35.4 Å². The number of hydrogen-bond acceptors (Lipinski definition) is 5. The molecule has 2 aromatic heterocycles. The summed E-state index contributed by atoms with van der Waals surface area (Å²) in [7, 11) is 0. The van der Waals surface area contributed by atoms with E-state index in [1.807, 2.05) is 30.3 Å². The van der Waals surface area contributed by atoms with E-state index in [4.69, 9.17) is 4.42 Å². The van der Waals surface area contributed by atoms with E-state index in [1.54, 1.807) is 17.6 Å². The van der Waals surface area contributed by atoms with Crippen LogP contribution >= 0.6 is 11.3 Å². The highest BCUT2D eigenvalue weighted by Gasteiger charge is 2.25. The molecule has 1 amide bonds. The summed E-state index contributed by atoms with van der Waals surface area (Å²) >= 11 is 1.76. The molecule has 0 saturated carbocycles. The van der Waals surface area contributed by atoms with Gasteiger partial charge in [0.2, 0.25) is 11.8 Å². The van der Waals surface area contributed by atoms with Crippen LogP contribution < -0.4 is 5.32 Å². The van der Waals surface area contributed by atoms with Gasteiger partial charge in [-0.05, 0) is 55.4 Å². The first-order valence-electron chi connectivity index (χ1n) is 10.2. The third-order valence-electron chi connectivity index (χ3n) is 5.54. The van der Waals surface area contributed by atoms with Gasteiger partial charge < -0.3 is 9.73 Å². The van der Waals surface area contributed by atoms with Gasteiger partial charge in [0, 0.05) is 17.0 Å². The fourth-order valence-electron chi connectivity index (χ4n) is 3.77. The maximum absolute atomic E-state index is 12.6. The molecule has 3 aromatic rings. The second-order valence-electron chi connectivity index (χ2n) is 7.74. The molecule has 1 aliphatic rings. The normalized spacial score (nSPS) is 16.6. The van der Waals surface area contributed by atoms with Gasteiger partial charge in [-0.25, -0.2) is 4.98 Å². The molecule has 0 bridgehead atoms. The van der Waals surface area contributed by atoms with Crippen LogP contribution in [0.2, 0.25) is 0 Å². The number of nitrogens with one attached hydrogen (secondary N) is 1. The van der Waals surface area contributed by atoms with Crippen molar-refractivity contribution in [1.29, 1.82) is 0 Å². The van der Waals surface area contributed by atoms with Crippen molar-refractivity contribution in [2.24, 2.45) is 5.92 Å². The van der Waals surface area contributed by atoms with E-state index in [9.17, 15) is 4.79 Å². The molecule has 152 valence electrons. The number of benzene rings is 1. The van der Waals surface area contributed by atoms with Crippen molar-refractivity contribution in [2.45, 2.75) is 32.2 Å². The van der Waals surface area contributed by atoms with Crippen LogP contribution in [0.15, 0.2) is 58.5 Å². The third kappa shape index (κ3) is 5.14. The molecule has 0 radical (unpaired) electrons. The van der Waals surface area contributed by atoms with Crippen LogP contribution in [0, 0.1) is 5.92 Å². The summed E-state index contributed by atoms with van der Waals surface area (Å²) < 4.78 is 5.54. The van der Waals surface area contributed by atoms with E-state index in [2.05, 4.69) is 39.6 Å². The molecule has 0 aliphatic carbocycles. The minimum absolute atomic E-state index is 0.0233. The standard InChI is InChI=1S/C23H27N3O2S/c1-17-9-11-26(12-10-17)20(21-8-5-13-29-21)15-24-22(27)14-19-16-28-23(25-19)18-6-3-2-4-7-18/h2-8,13,16-17,20H,9-12,14-15H2,1H3,(H,24,27). The average Bonchev–Trinajstić information content (AvgIpc) is 3.43. The number of oxazole rings is 1. The summed E-state index contributed by atoms with van der Waals surface area (Å²) in [6.45, 7) is 5.12. The number of aromatic nitrogens is 1. The van der Waals surface area contributed by atoms with Crippen LogP contribution in [0.1, 0.15) is 36.4 Å². The van der Waals surface area contributed by atoms with Gasteiger partial charge in [0.15, 0.2) is 0 Å². The first-order chi connectivity index (χ1) is 14.2. The molecule has 1 unspecified atom stereocenters. The van der Waals surface area contributed by atoms with Gasteiger partial charge in [-0.15, -0.1) is 11.3 Å². The maximum Gasteiger partial charge on any atom is 0.226 e. The van der Waals surface area contributed by atoms with Crippen LogP contribution in [0.4, 0.5) is 0 Å². The summed E-state index contributed by atoms with van der Waals surface area (Å²) in [4.78, 5) is 20.8. The molecule has 1 atom stereocenters. The number of amides is 1. The highest BCUT2D eigenvalue weighted by molar-refractivity contribution is 7.10. The lowest BCUT2D eigenvalue weighted by Gasteiger charge is -2.36. The predicted molar refractivity (Wildman–Crippen MR) is 116 cm³/mol. The molecule has 29 heavy (non-hydrogen) atoms. The number of carbonyl (C=O) groups is 1. The molecule has 1 saturated heterocycles. The van der Waals surface area contributed by atoms with Crippen molar-refractivity contribution in [1.82, 2.24) is 15.2 Å². The van der Waals surface area contributed by atoms with Gasteiger partial charge in [0.05, 0.1) is 18.2 Å². The first-order valence-corrected chi connectivity index (χ1v) is 11.1. The van der Waals surface area contributed by atoms with Gasteiger partial charge >= 0.3 is 0 Å². The lowest BCUT2D eigenvalue weighted by Crippen LogP contribution is -2.42. The number of piperidine rings is 1. The molecule has 1 aliphatic heterocycles. The van der Waals surface area contributed by atoms with Crippen LogP contribution in [0.3, 0.4) is 0 Å². The quantitative estimate of drug-likeness (QED) is 0.623. The Hall–Kier alpha value is -2.44. The molecule has 4 rings (SSSR count). The van der Waals surface area contributed by atoms with E-state index < -0.39 is 0 Å². The lowest BCUT2D eigenvalue weighted by atomic mass is 9.97. The smallest absolute Gasteiger partial charge is 0.226 e. The minimum Gasteiger partial charge on any atom is -0.444 e. The zero-order valence-corrected chi connectivity index (χ0v) is 17.5. The Labute approximate surface area is 175 Å². The molecular formula is C23H27N3O2S. The molecule has 5 nitrogen and oxygen atoms in total. The first kappa shape index (κ1) is 19.9. The summed E-state index contributed by atoms with van der Waals surface area (Å²) in [6.07, 6.45) is 4.24. The molecule has 1 fully saturated rings. The maximum atomic E-state index is 12.6. The third-order valence-corrected chi connectivity index (χ3v) is 6.51. The van der Waals surface area contributed by atoms with Crippen molar-refractivity contribution in [3.05, 3.63) is 64.7 Å². The van der Waals surface area contributed by atoms with E-state index in [0.717, 1.165) is 24.6 Å². The Balaban J connectivity index is 1.35. The number of rotatable bonds is 7. The Morgan fingerprint density at radius 2 is 2.03 bits per heavy atom. The van der Waals surface area contributed by atoms with Gasteiger partial charge in [0.25, 0.3) is 0 Å². The highest BCUT2D eigenvalue weighted by Crippen LogP contribution is 2.29. The van der Waals surface area contributed by atoms with E-state index >= 15 is 0 Å². The highest BCUT2D eigenvalue weighted by atomic mass is 32.1. The van der Waals surface area contributed by atoms with Crippen molar-refractivity contribution in [2.75, 3.05) is 19.6 Å². The Kier molecular flexibility index (Phi) is 6.42. The van der Waals surface area contributed by atoms with Crippen LogP contribution in [0.25, 0.3) is 11.5 Å². The van der Waals surface area contributed by atoms with E-state index in [-0.39, 0.29) is 18.4 Å². The largest absolute Gasteiger partial charge is 0.444 e. The Bertz CT molecular complexity index is 899. The van der Waals surface area contributed by atoms with Crippen molar-refractivity contribution in [3.8, 4) is 11.5 Å². The summed E-state index contributed by atoms with van der Waals surface area (Å²) in [5.74, 6) is 1.31. The molecule has 6 heteroatoms. The number of thiophene rings is 1. The fourth-order valence-corrected chi connectivity index (χ4v) is 4.63. The number of carbonyl (C=O) groups excluding carboxylic acids is 1. The topological polar surface area (TPSA) is 58.4 Å². The fraction of sp³-hybridized carbons (Fsp3) is 0.391. The summed E-state index contributed by atoms with van der Waals surface area (Å²) in [5, 5.41) is 5.23. The Morgan fingerprint density at radius 3 is 2.76 bits per heavy atom. The second kappa shape index (κ2) is 9.37. The number of hydrogen-bond donors (Lipinski definition) is 1. The lowest BCUT2D eigenvalue weighted by molar-refractivity contribution is -0.120. The van der Waals surface area contributed by atoms with E-state index in [1.165, 1.54) is 17.7 Å². The number of likely N-dealkylation sites (tertiary alicyclic amines) is 1. The number of nitrogens with zero attached hydrogens (tertiary/aromatic N) is 2. The van der Waals surface area contributed by atoms with Crippen molar-refractivity contribution >= 4 is 17.2 Å². The van der Waals surface area contributed by atoms with Crippen molar-refractivity contribution < 1.29 is 9.21 Å². The SMILES string of the molecule is CC1CCN(C(CNC(=O)Cc2coc(-c3ccccc3)n2)c2cccs2)CC1. The molecular weight excluding hydrogens is 382 g/mol. The zero-order chi connectivity index (χ0) is 20.1. The average molecular weight is 410 g/mol. The monoisotopic (exact) mass is 409 g/mol. The van der Waals surface area contributed by atoms with Crippen LogP contribution in [0.5, 0.6) is 0 Å². The summed E-state index contributed by atoms with van der Waals surface area (Å²) in [6, 6.07) is 14.2. The van der Waals surface area contributed by atoms with Gasteiger partial charge in [-0.2, -0.15) is 0 Å². The molecule has 0 spiro atoms. The van der Waals surface area contributed by atoms with Crippen molar-refractivity contribution in [3.63, 3.8) is 0 Å². The molecule has 3 heterocycles. The predicted octanol–water partition coefficient (Wildman–Crippen LogP) is 4.54. The Morgan fingerprint density at radius 1 is 1.24 bits per heavy atom. The second-order valence-corrected chi connectivity index (χ2v) is 8.72. The molecule has 1 aromatic carbocycles. The van der Waals surface area contributed by atoms with Crippen LogP contribution in [-0.2, 0) is 11.2 Å². The van der Waals surface area contributed by atoms with E-state index in [0.29, 0.717) is 18.1 Å². The molecule has 1 N–H and O–H groups in total. The minimum atomic E-state index is -0.0233. The van der Waals surface area contributed by atoms with Gasteiger partial charge in [-0.3, -0.25) is 9.69 Å². The zero-order valence-electron chi connectivity index (χ0n) is 16.7. The summed E-state index contributed by atoms with van der Waals surface area (Å²) in [5.41, 5.74) is 1.57.